The van der Waals surface area contributed by atoms with Gasteiger partial charge in [0.1, 0.15) is 12.3 Å². The highest BCUT2D eigenvalue weighted by molar-refractivity contribution is 9.10. The van der Waals surface area contributed by atoms with Crippen LogP contribution in [-0.4, -0.2) is 27.1 Å². The molecule has 0 fully saturated rings. The van der Waals surface area contributed by atoms with Crippen molar-refractivity contribution in [3.8, 4) is 0 Å². The van der Waals surface area contributed by atoms with E-state index in [1.807, 2.05) is 6.92 Å². The molecule has 0 saturated heterocycles. The van der Waals surface area contributed by atoms with Gasteiger partial charge >= 0.3 is 0 Å². The predicted octanol–water partition coefficient (Wildman–Crippen LogP) is 2.43. The second-order valence-corrected chi connectivity index (χ2v) is 7.82. The molecule has 0 saturated carbocycles. The molecule has 23 heavy (non-hydrogen) atoms. The number of hydrogen-bond acceptors (Lipinski definition) is 4. The zero-order chi connectivity index (χ0) is 17.0. The van der Waals surface area contributed by atoms with Crippen molar-refractivity contribution < 1.29 is 17.6 Å². The zero-order valence-electron chi connectivity index (χ0n) is 12.7. The highest BCUT2D eigenvalue weighted by Crippen LogP contribution is 2.24. The maximum absolute atomic E-state index is 12.1. The third-order valence-corrected chi connectivity index (χ3v) is 5.19. The second kappa shape index (κ2) is 7.18. The summed E-state index contributed by atoms with van der Waals surface area (Å²) in [5.41, 5.74) is 1.33. The summed E-state index contributed by atoms with van der Waals surface area (Å²) in [6.07, 6.45) is 2.58. The molecule has 0 radical (unpaired) electrons. The Morgan fingerprint density at radius 2 is 2.09 bits per heavy atom. The van der Waals surface area contributed by atoms with Gasteiger partial charge in [-0.1, -0.05) is 15.9 Å². The van der Waals surface area contributed by atoms with Crippen LogP contribution in [0, 0.1) is 6.92 Å². The van der Waals surface area contributed by atoms with Crippen molar-refractivity contribution >= 4 is 37.5 Å². The third-order valence-electron chi connectivity index (χ3n) is 3.16. The molecule has 1 aromatic heterocycles. The molecule has 2 rings (SSSR count). The number of hydrogen-bond donors (Lipinski definition) is 1. The summed E-state index contributed by atoms with van der Waals surface area (Å²) in [6.45, 7) is 1.77. The molecule has 1 heterocycles. The minimum atomic E-state index is -3.58. The van der Waals surface area contributed by atoms with E-state index in [2.05, 4.69) is 21.2 Å². The lowest BCUT2D eigenvalue weighted by atomic mass is 10.2. The van der Waals surface area contributed by atoms with Crippen LogP contribution >= 0.6 is 15.9 Å². The Balaban J connectivity index is 2.12. The number of aryl methyl sites for hydroxylation is 1. The smallest absolute Gasteiger partial charge is 0.241 e. The number of carbonyl (C=O) groups is 1. The number of benzene rings is 1. The summed E-state index contributed by atoms with van der Waals surface area (Å²) >= 11 is 3.37. The van der Waals surface area contributed by atoms with E-state index in [0.717, 1.165) is 20.6 Å². The number of sulfonamides is 1. The molecule has 1 aromatic carbocycles. The van der Waals surface area contributed by atoms with Crippen molar-refractivity contribution in [2.45, 2.75) is 13.5 Å². The topological polar surface area (TPSA) is 79.6 Å². The summed E-state index contributed by atoms with van der Waals surface area (Å²) in [7, 11) is -3.58. The first-order chi connectivity index (χ1) is 10.8. The van der Waals surface area contributed by atoms with Crippen molar-refractivity contribution in [1.29, 1.82) is 0 Å². The van der Waals surface area contributed by atoms with Crippen LogP contribution in [0.15, 0.2) is 45.5 Å². The Bertz CT molecular complexity index is 788. The normalized spacial score (nSPS) is 11.3. The van der Waals surface area contributed by atoms with Gasteiger partial charge < -0.3 is 9.73 Å². The molecule has 0 spiro atoms. The van der Waals surface area contributed by atoms with E-state index in [9.17, 15) is 13.2 Å². The Kier molecular flexibility index (Phi) is 5.48. The third kappa shape index (κ3) is 4.84. The van der Waals surface area contributed by atoms with E-state index in [1.54, 1.807) is 30.3 Å². The molecule has 0 aliphatic rings. The SMILES string of the molecule is Cc1cc(N(CC(=O)NCc2ccco2)S(C)(=O)=O)ccc1Br. The van der Waals surface area contributed by atoms with Gasteiger partial charge in [0.25, 0.3) is 0 Å². The van der Waals surface area contributed by atoms with E-state index in [1.165, 1.54) is 6.26 Å². The summed E-state index contributed by atoms with van der Waals surface area (Å²) in [4.78, 5) is 12.1. The van der Waals surface area contributed by atoms with Crippen LogP contribution in [0.3, 0.4) is 0 Å². The van der Waals surface area contributed by atoms with Gasteiger partial charge in [-0.25, -0.2) is 8.42 Å². The summed E-state index contributed by atoms with van der Waals surface area (Å²) in [5, 5.41) is 2.64. The first kappa shape index (κ1) is 17.6. The molecular weight excluding hydrogens is 384 g/mol. The lowest BCUT2D eigenvalue weighted by Gasteiger charge is -2.22. The highest BCUT2D eigenvalue weighted by Gasteiger charge is 2.21. The monoisotopic (exact) mass is 400 g/mol. The maximum Gasteiger partial charge on any atom is 0.241 e. The summed E-state index contributed by atoms with van der Waals surface area (Å²) < 4.78 is 31.1. The van der Waals surface area contributed by atoms with Gasteiger partial charge in [-0.3, -0.25) is 9.10 Å². The Labute approximate surface area is 143 Å². The van der Waals surface area contributed by atoms with Gasteiger partial charge in [-0.2, -0.15) is 0 Å². The molecule has 6 nitrogen and oxygen atoms in total. The molecule has 0 aliphatic carbocycles. The highest BCUT2D eigenvalue weighted by atomic mass is 79.9. The fourth-order valence-corrected chi connectivity index (χ4v) is 3.06. The van der Waals surface area contributed by atoms with Crippen LogP contribution in [0.1, 0.15) is 11.3 Å². The van der Waals surface area contributed by atoms with Crippen LogP contribution < -0.4 is 9.62 Å². The zero-order valence-corrected chi connectivity index (χ0v) is 15.1. The maximum atomic E-state index is 12.1. The van der Waals surface area contributed by atoms with Crippen molar-refractivity contribution in [3.05, 3.63) is 52.4 Å². The number of halogens is 1. The van der Waals surface area contributed by atoms with Gasteiger partial charge in [-0.05, 0) is 42.8 Å². The van der Waals surface area contributed by atoms with Crippen molar-refractivity contribution in [1.82, 2.24) is 5.32 Å². The van der Waals surface area contributed by atoms with Crippen molar-refractivity contribution in [3.63, 3.8) is 0 Å². The fraction of sp³-hybridized carbons (Fsp3) is 0.267. The minimum Gasteiger partial charge on any atom is -0.467 e. The molecule has 2 aromatic rings. The molecule has 8 heteroatoms. The number of amides is 1. The van der Waals surface area contributed by atoms with Crippen LogP contribution in [-0.2, 0) is 21.4 Å². The van der Waals surface area contributed by atoms with Gasteiger partial charge in [0.15, 0.2) is 0 Å². The summed E-state index contributed by atoms with van der Waals surface area (Å²) in [6, 6.07) is 8.56. The Hall–Kier alpha value is -1.80. The second-order valence-electron chi connectivity index (χ2n) is 5.06. The van der Waals surface area contributed by atoms with E-state index in [4.69, 9.17) is 4.42 Å². The van der Waals surface area contributed by atoms with Gasteiger partial charge in [0, 0.05) is 4.47 Å². The molecule has 0 atom stereocenters. The molecule has 0 bridgehead atoms. The quantitative estimate of drug-likeness (QED) is 0.807. The van der Waals surface area contributed by atoms with Crippen LogP contribution in [0.5, 0.6) is 0 Å². The lowest BCUT2D eigenvalue weighted by molar-refractivity contribution is -0.119. The molecule has 124 valence electrons. The van der Waals surface area contributed by atoms with Crippen molar-refractivity contribution in [2.24, 2.45) is 0 Å². The molecule has 0 aliphatic heterocycles. The summed E-state index contributed by atoms with van der Waals surface area (Å²) in [5.74, 6) is 0.191. The van der Waals surface area contributed by atoms with E-state index < -0.39 is 15.9 Å². The first-order valence-corrected chi connectivity index (χ1v) is 9.44. The average Bonchev–Trinajstić information content (AvgIpc) is 2.98. The van der Waals surface area contributed by atoms with Gasteiger partial charge in [0.2, 0.25) is 15.9 Å². The first-order valence-electron chi connectivity index (χ1n) is 6.80. The molecular formula is C15H17BrN2O4S. The molecule has 0 unspecified atom stereocenters. The Morgan fingerprint density at radius 1 is 1.35 bits per heavy atom. The van der Waals surface area contributed by atoms with Crippen LogP contribution in [0.25, 0.3) is 0 Å². The number of furan rings is 1. The number of nitrogens with one attached hydrogen (secondary N) is 1. The fourth-order valence-electron chi connectivity index (χ4n) is 1.97. The van der Waals surface area contributed by atoms with E-state index in [-0.39, 0.29) is 13.1 Å². The number of anilines is 1. The number of nitrogens with zero attached hydrogens (tertiary/aromatic N) is 1. The van der Waals surface area contributed by atoms with Crippen molar-refractivity contribution in [2.75, 3.05) is 17.1 Å². The minimum absolute atomic E-state index is 0.211. The predicted molar refractivity (Wildman–Crippen MR) is 91.6 cm³/mol. The van der Waals surface area contributed by atoms with Crippen LogP contribution in [0.2, 0.25) is 0 Å². The van der Waals surface area contributed by atoms with Crippen LogP contribution in [0.4, 0.5) is 5.69 Å². The average molecular weight is 401 g/mol. The number of rotatable bonds is 6. The largest absolute Gasteiger partial charge is 0.467 e. The van der Waals surface area contributed by atoms with Gasteiger partial charge in [0.05, 0.1) is 24.8 Å². The Morgan fingerprint density at radius 3 is 2.65 bits per heavy atom. The van der Waals surface area contributed by atoms with E-state index in [0.29, 0.717) is 11.4 Å². The van der Waals surface area contributed by atoms with E-state index >= 15 is 0 Å². The standard InChI is InChI=1S/C15H17BrN2O4S/c1-11-8-12(5-6-14(11)16)18(23(2,20)21)10-15(19)17-9-13-4-3-7-22-13/h3-8H,9-10H2,1-2H3,(H,17,19). The molecule has 1 amide bonds. The lowest BCUT2D eigenvalue weighted by Crippen LogP contribution is -2.40. The van der Waals surface area contributed by atoms with Gasteiger partial charge in [-0.15, -0.1) is 0 Å². The number of carbonyl (C=O) groups excluding carboxylic acids is 1. The molecule has 1 N–H and O–H groups in total.